The number of ether oxygens (including phenoxy) is 3. The third-order valence-corrected chi connectivity index (χ3v) is 4.53. The molecule has 0 saturated heterocycles. The molecule has 2 N–H and O–H groups in total. The Morgan fingerprint density at radius 1 is 1.18 bits per heavy atom. The van der Waals surface area contributed by atoms with E-state index in [1.54, 1.807) is 0 Å². The zero-order valence-electron chi connectivity index (χ0n) is 17.7. The summed E-state index contributed by atoms with van der Waals surface area (Å²) in [4.78, 5) is 4.74. The largest absolute Gasteiger partial charge is 0.490 e. The summed E-state index contributed by atoms with van der Waals surface area (Å²) in [5, 5.41) is 6.82. The molecule has 1 aromatic carbocycles. The van der Waals surface area contributed by atoms with E-state index in [4.69, 9.17) is 19.2 Å². The fourth-order valence-electron chi connectivity index (χ4n) is 3.05. The summed E-state index contributed by atoms with van der Waals surface area (Å²) in [6.07, 6.45) is 4.17. The van der Waals surface area contributed by atoms with E-state index < -0.39 is 0 Å². The first-order valence-electron chi connectivity index (χ1n) is 10.4. The second kappa shape index (κ2) is 12.3. The minimum atomic E-state index is 0.0926. The van der Waals surface area contributed by atoms with E-state index in [1.807, 2.05) is 26.0 Å². The molecule has 0 amide bonds. The van der Waals surface area contributed by atoms with E-state index in [1.165, 1.54) is 5.57 Å². The number of guanidine groups is 1. The van der Waals surface area contributed by atoms with Gasteiger partial charge in [-0.25, -0.2) is 0 Å². The molecule has 2 rings (SSSR count). The van der Waals surface area contributed by atoms with Gasteiger partial charge in [-0.1, -0.05) is 17.7 Å². The molecule has 1 heterocycles. The fourth-order valence-corrected chi connectivity index (χ4v) is 3.05. The molecule has 6 heteroatoms. The van der Waals surface area contributed by atoms with Crippen molar-refractivity contribution in [1.29, 1.82) is 0 Å². The van der Waals surface area contributed by atoms with Gasteiger partial charge in [-0.2, -0.15) is 0 Å². The molecule has 0 aliphatic carbocycles. The van der Waals surface area contributed by atoms with Crippen molar-refractivity contribution >= 4 is 5.96 Å². The molecule has 0 bridgehead atoms. The second-order valence-corrected chi connectivity index (χ2v) is 6.64. The van der Waals surface area contributed by atoms with Gasteiger partial charge in [0, 0.05) is 13.1 Å². The molecule has 1 unspecified atom stereocenters. The molecule has 28 heavy (non-hydrogen) atoms. The van der Waals surface area contributed by atoms with Crippen LogP contribution in [-0.2, 0) is 4.74 Å². The first-order chi connectivity index (χ1) is 13.7. The fraction of sp³-hybridized carbons (Fsp3) is 0.591. The van der Waals surface area contributed by atoms with Crippen molar-refractivity contribution in [3.8, 4) is 11.5 Å². The highest BCUT2D eigenvalue weighted by atomic mass is 16.5. The van der Waals surface area contributed by atoms with Crippen molar-refractivity contribution in [1.82, 2.24) is 10.6 Å². The van der Waals surface area contributed by atoms with Crippen LogP contribution in [-0.4, -0.2) is 45.5 Å². The topological polar surface area (TPSA) is 64.1 Å². The minimum Gasteiger partial charge on any atom is -0.490 e. The summed E-state index contributed by atoms with van der Waals surface area (Å²) in [6.45, 7) is 12.5. The predicted octanol–water partition coefficient (Wildman–Crippen LogP) is 3.84. The van der Waals surface area contributed by atoms with Crippen molar-refractivity contribution in [2.24, 2.45) is 4.99 Å². The van der Waals surface area contributed by atoms with Crippen LogP contribution in [0.2, 0.25) is 0 Å². The summed E-state index contributed by atoms with van der Waals surface area (Å²) in [5.74, 6) is 2.39. The lowest BCUT2D eigenvalue weighted by molar-refractivity contribution is 0.153. The molecule has 0 saturated carbocycles. The predicted molar refractivity (Wildman–Crippen MR) is 114 cm³/mol. The zero-order valence-corrected chi connectivity index (χ0v) is 17.7. The Morgan fingerprint density at radius 2 is 1.96 bits per heavy atom. The summed E-state index contributed by atoms with van der Waals surface area (Å²) in [7, 11) is 0. The summed E-state index contributed by atoms with van der Waals surface area (Å²) < 4.78 is 16.8. The van der Waals surface area contributed by atoms with Gasteiger partial charge < -0.3 is 24.8 Å². The Balaban J connectivity index is 2.01. The second-order valence-electron chi connectivity index (χ2n) is 6.64. The van der Waals surface area contributed by atoms with Gasteiger partial charge in [0.25, 0.3) is 0 Å². The van der Waals surface area contributed by atoms with Crippen molar-refractivity contribution in [3.63, 3.8) is 0 Å². The lowest BCUT2D eigenvalue weighted by atomic mass is 10.1. The van der Waals surface area contributed by atoms with E-state index >= 15 is 0 Å². The molecular formula is C22H35N3O3. The van der Waals surface area contributed by atoms with E-state index in [0.29, 0.717) is 13.2 Å². The van der Waals surface area contributed by atoms with Gasteiger partial charge in [0.1, 0.15) is 0 Å². The maximum Gasteiger partial charge on any atom is 0.191 e. The van der Waals surface area contributed by atoms with Crippen LogP contribution >= 0.6 is 0 Å². The maximum absolute atomic E-state index is 5.75. The van der Waals surface area contributed by atoms with Gasteiger partial charge in [-0.3, -0.25) is 4.99 Å². The molecule has 156 valence electrons. The molecule has 0 spiro atoms. The van der Waals surface area contributed by atoms with Gasteiger partial charge in [-0.05, 0) is 58.2 Å². The van der Waals surface area contributed by atoms with E-state index in [0.717, 1.165) is 62.2 Å². The van der Waals surface area contributed by atoms with Crippen LogP contribution in [0.5, 0.6) is 11.5 Å². The van der Waals surface area contributed by atoms with Crippen LogP contribution in [0.1, 0.15) is 52.1 Å². The highest BCUT2D eigenvalue weighted by Gasteiger charge is 2.12. The van der Waals surface area contributed by atoms with Crippen LogP contribution in [0.4, 0.5) is 0 Å². The first kappa shape index (κ1) is 22.1. The van der Waals surface area contributed by atoms with Crippen LogP contribution in [0.25, 0.3) is 0 Å². The van der Waals surface area contributed by atoms with Crippen LogP contribution < -0.4 is 20.1 Å². The lowest BCUT2D eigenvalue weighted by Gasteiger charge is -2.20. The van der Waals surface area contributed by atoms with E-state index in [2.05, 4.69) is 36.6 Å². The number of hydrogen-bond acceptors (Lipinski definition) is 4. The number of aliphatic imine (C=N–C) groups is 1. The Hall–Kier alpha value is -2.21. The van der Waals surface area contributed by atoms with Gasteiger partial charge in [-0.15, -0.1) is 0 Å². The van der Waals surface area contributed by atoms with E-state index in [-0.39, 0.29) is 6.04 Å². The van der Waals surface area contributed by atoms with Crippen molar-refractivity contribution in [2.45, 2.75) is 46.6 Å². The van der Waals surface area contributed by atoms with Crippen molar-refractivity contribution < 1.29 is 14.2 Å². The van der Waals surface area contributed by atoms with Gasteiger partial charge in [0.15, 0.2) is 17.5 Å². The van der Waals surface area contributed by atoms with Crippen LogP contribution in [0, 0.1) is 0 Å². The van der Waals surface area contributed by atoms with E-state index in [9.17, 15) is 0 Å². The number of benzene rings is 1. The molecule has 1 aromatic rings. The molecule has 1 atom stereocenters. The molecule has 6 nitrogen and oxygen atoms in total. The van der Waals surface area contributed by atoms with Crippen LogP contribution in [0.15, 0.2) is 34.8 Å². The molecule has 0 fully saturated rings. The monoisotopic (exact) mass is 389 g/mol. The maximum atomic E-state index is 5.75. The Morgan fingerprint density at radius 3 is 2.64 bits per heavy atom. The SMILES string of the molecule is CCNC(=NCCC1=CCOCC1)NC(C)c1ccc(OCC)c(OCC)c1. The number of nitrogens with one attached hydrogen (secondary N) is 2. The summed E-state index contributed by atoms with van der Waals surface area (Å²) in [5.41, 5.74) is 2.57. The Bertz CT molecular complexity index is 658. The Labute approximate surface area is 169 Å². The third kappa shape index (κ3) is 7.08. The quantitative estimate of drug-likeness (QED) is 0.362. The van der Waals surface area contributed by atoms with Gasteiger partial charge >= 0.3 is 0 Å². The average Bonchev–Trinajstić information content (AvgIpc) is 2.70. The number of hydrogen-bond donors (Lipinski definition) is 2. The molecule has 1 aliphatic heterocycles. The highest BCUT2D eigenvalue weighted by molar-refractivity contribution is 5.80. The first-order valence-corrected chi connectivity index (χ1v) is 10.4. The lowest BCUT2D eigenvalue weighted by Crippen LogP contribution is -2.38. The standard InChI is InChI=1S/C22H35N3O3/c1-5-23-22(24-13-10-18-11-14-26-15-12-18)25-17(4)19-8-9-20(27-6-2)21(16-19)28-7-3/h8-9,11,16-17H,5-7,10,12-15H2,1-4H3,(H2,23,24,25). The molecule has 0 radical (unpaired) electrons. The smallest absolute Gasteiger partial charge is 0.191 e. The highest BCUT2D eigenvalue weighted by Crippen LogP contribution is 2.30. The third-order valence-electron chi connectivity index (χ3n) is 4.53. The van der Waals surface area contributed by atoms with Gasteiger partial charge in [0.05, 0.1) is 32.5 Å². The minimum absolute atomic E-state index is 0.0926. The summed E-state index contributed by atoms with van der Waals surface area (Å²) in [6, 6.07) is 6.18. The summed E-state index contributed by atoms with van der Waals surface area (Å²) >= 11 is 0. The normalized spacial score (nSPS) is 15.6. The molecule has 0 aromatic heterocycles. The Kier molecular flexibility index (Phi) is 9.69. The van der Waals surface area contributed by atoms with Crippen molar-refractivity contribution in [3.05, 3.63) is 35.4 Å². The average molecular weight is 390 g/mol. The van der Waals surface area contributed by atoms with Crippen molar-refractivity contribution in [2.75, 3.05) is 39.5 Å². The molecule has 1 aliphatic rings. The number of rotatable bonds is 10. The number of nitrogens with zero attached hydrogens (tertiary/aromatic N) is 1. The molecular weight excluding hydrogens is 354 g/mol. The van der Waals surface area contributed by atoms with Crippen LogP contribution in [0.3, 0.4) is 0 Å². The van der Waals surface area contributed by atoms with Gasteiger partial charge in [0.2, 0.25) is 0 Å². The zero-order chi connectivity index (χ0) is 20.2.